The first kappa shape index (κ1) is 16.4. The molecule has 0 unspecified atom stereocenters. The fraction of sp³-hybridized carbons (Fsp3) is 1.00. The molecule has 0 aromatic heterocycles. The average Bonchev–Trinajstić information content (AvgIpc) is 1.70. The van der Waals surface area contributed by atoms with Gasteiger partial charge < -0.3 is 0 Å². The molecule has 0 nitrogen and oxygen atoms in total. The fourth-order valence-electron chi connectivity index (χ4n) is 2.18. The molecule has 0 saturated heterocycles. The molecule has 0 aliphatic heterocycles. The molecular weight excluding hydrogens is 211 g/mol. The van der Waals surface area contributed by atoms with E-state index in [1.54, 1.807) is 0 Å². The first-order valence-electron chi connectivity index (χ1n) is 6.51. The molecule has 0 radical (unpaired) electrons. The molecule has 0 N–H and O–H groups in total. The van der Waals surface area contributed by atoms with Crippen molar-refractivity contribution in [2.45, 2.75) is 62.3 Å². The topological polar surface area (TPSA) is 0 Å². The van der Waals surface area contributed by atoms with Gasteiger partial charge in [0, 0.05) is 0 Å². The van der Waals surface area contributed by atoms with Crippen molar-refractivity contribution in [1.29, 1.82) is 0 Å². The molecule has 0 fully saturated rings. The quantitative estimate of drug-likeness (QED) is 0.566. The fourth-order valence-corrected chi connectivity index (χ4v) is 6.54. The van der Waals surface area contributed by atoms with Gasteiger partial charge in [0.05, 0.1) is 0 Å². The Bertz CT molecular complexity index is 159. The van der Waals surface area contributed by atoms with Crippen LogP contribution in [0.1, 0.15) is 62.3 Å². The third-order valence-corrected chi connectivity index (χ3v) is 6.28. The Morgan fingerprint density at radius 2 is 0.688 bits per heavy atom. The van der Waals surface area contributed by atoms with Crippen LogP contribution in [-0.2, 0) is 0 Å². The second-order valence-corrected chi connectivity index (χ2v) is 11.1. The predicted molar refractivity (Wildman–Crippen MR) is 79.9 cm³/mol. The SMILES string of the molecule is CC(C)(C)CP(CC(C)(C)C)CC(C)(C)C. The van der Waals surface area contributed by atoms with Gasteiger partial charge in [-0.25, -0.2) is 0 Å². The standard InChI is InChI=1S/C15H33P/c1-13(2,3)10-16(11-14(4,5)6)12-15(7,8)9/h10-12H2,1-9H3. The summed E-state index contributed by atoms with van der Waals surface area (Å²) in [6, 6.07) is 0. The highest BCUT2D eigenvalue weighted by molar-refractivity contribution is 7.57. The van der Waals surface area contributed by atoms with Gasteiger partial charge in [-0.1, -0.05) is 62.3 Å². The van der Waals surface area contributed by atoms with Crippen LogP contribution in [0.25, 0.3) is 0 Å². The summed E-state index contributed by atoms with van der Waals surface area (Å²) in [5, 5.41) is 0. The number of rotatable bonds is 3. The van der Waals surface area contributed by atoms with Gasteiger partial charge in [-0.2, -0.15) is 0 Å². The smallest absolute Gasteiger partial charge is 0.0277 e. The molecule has 0 heterocycles. The lowest BCUT2D eigenvalue weighted by Crippen LogP contribution is -2.22. The molecule has 0 saturated carbocycles. The van der Waals surface area contributed by atoms with Crippen LogP contribution in [0.2, 0.25) is 0 Å². The molecule has 0 rings (SSSR count). The summed E-state index contributed by atoms with van der Waals surface area (Å²) in [6.45, 7) is 21.4. The van der Waals surface area contributed by atoms with Crippen molar-refractivity contribution in [3.63, 3.8) is 0 Å². The van der Waals surface area contributed by atoms with Gasteiger partial charge in [0.1, 0.15) is 0 Å². The van der Waals surface area contributed by atoms with Gasteiger partial charge >= 0.3 is 0 Å². The van der Waals surface area contributed by atoms with E-state index in [4.69, 9.17) is 0 Å². The van der Waals surface area contributed by atoms with E-state index in [9.17, 15) is 0 Å². The first-order valence-corrected chi connectivity index (χ1v) is 8.41. The van der Waals surface area contributed by atoms with Crippen molar-refractivity contribution in [3.8, 4) is 0 Å². The van der Waals surface area contributed by atoms with Crippen molar-refractivity contribution in [2.75, 3.05) is 18.5 Å². The highest BCUT2D eigenvalue weighted by atomic mass is 31.1. The van der Waals surface area contributed by atoms with Crippen molar-refractivity contribution in [1.82, 2.24) is 0 Å². The van der Waals surface area contributed by atoms with Crippen LogP contribution < -0.4 is 0 Å². The van der Waals surface area contributed by atoms with E-state index in [0.29, 0.717) is 16.2 Å². The summed E-state index contributed by atoms with van der Waals surface area (Å²) in [4.78, 5) is 0. The maximum absolute atomic E-state index is 2.38. The van der Waals surface area contributed by atoms with Crippen LogP contribution in [0.3, 0.4) is 0 Å². The maximum Gasteiger partial charge on any atom is -0.0277 e. The average molecular weight is 244 g/mol. The largest absolute Gasteiger partial charge is 0.105 e. The Hall–Kier alpha value is 0.430. The molecular formula is C15H33P. The molecule has 1 heteroatoms. The normalized spacial score (nSPS) is 14.6. The Labute approximate surface area is 105 Å². The van der Waals surface area contributed by atoms with Gasteiger partial charge in [0.25, 0.3) is 0 Å². The predicted octanol–water partition coefficient (Wildman–Crippen LogP) is 5.61. The van der Waals surface area contributed by atoms with E-state index >= 15 is 0 Å². The van der Waals surface area contributed by atoms with Crippen molar-refractivity contribution >= 4 is 7.92 Å². The Morgan fingerprint density at radius 1 is 0.500 bits per heavy atom. The minimum atomic E-state index is 0.175. The molecule has 0 aromatic carbocycles. The maximum atomic E-state index is 2.38. The van der Waals surface area contributed by atoms with Crippen LogP contribution in [-0.4, -0.2) is 18.5 Å². The molecule has 0 aromatic rings. The monoisotopic (exact) mass is 244 g/mol. The van der Waals surface area contributed by atoms with Gasteiger partial charge in [0.2, 0.25) is 0 Å². The Morgan fingerprint density at radius 3 is 0.812 bits per heavy atom. The summed E-state index contributed by atoms with van der Waals surface area (Å²) in [6.07, 6.45) is 4.24. The summed E-state index contributed by atoms with van der Waals surface area (Å²) in [5.41, 5.74) is 1.46. The molecule has 0 atom stereocenters. The molecule has 0 amide bonds. The zero-order chi connectivity index (χ0) is 13.2. The molecule has 0 aliphatic rings. The van der Waals surface area contributed by atoms with E-state index in [0.717, 1.165) is 0 Å². The molecule has 0 aliphatic carbocycles. The summed E-state index contributed by atoms with van der Waals surface area (Å²) < 4.78 is 0. The lowest BCUT2D eigenvalue weighted by molar-refractivity contribution is 0.441. The first-order chi connectivity index (χ1) is 6.79. The molecule has 0 bridgehead atoms. The van der Waals surface area contributed by atoms with Crippen LogP contribution in [0, 0.1) is 16.2 Å². The van der Waals surface area contributed by atoms with Crippen LogP contribution in [0.5, 0.6) is 0 Å². The number of hydrogen-bond acceptors (Lipinski definition) is 0. The minimum absolute atomic E-state index is 0.175. The molecule has 16 heavy (non-hydrogen) atoms. The highest BCUT2D eigenvalue weighted by Crippen LogP contribution is 2.49. The third-order valence-electron chi connectivity index (χ3n) is 2.09. The highest BCUT2D eigenvalue weighted by Gasteiger charge is 2.26. The number of hydrogen-bond donors (Lipinski definition) is 0. The van der Waals surface area contributed by atoms with Crippen molar-refractivity contribution in [3.05, 3.63) is 0 Å². The second-order valence-electron chi connectivity index (χ2n) is 8.83. The van der Waals surface area contributed by atoms with Crippen LogP contribution in [0.15, 0.2) is 0 Å². The van der Waals surface area contributed by atoms with Gasteiger partial charge in [-0.05, 0) is 34.7 Å². The molecule has 98 valence electrons. The van der Waals surface area contributed by atoms with E-state index in [2.05, 4.69) is 62.3 Å². The zero-order valence-electron chi connectivity index (χ0n) is 13.1. The minimum Gasteiger partial charge on any atom is -0.105 e. The summed E-state index contributed by atoms with van der Waals surface area (Å²) in [5.74, 6) is 0. The van der Waals surface area contributed by atoms with Gasteiger partial charge in [-0.3, -0.25) is 0 Å². The van der Waals surface area contributed by atoms with Crippen molar-refractivity contribution < 1.29 is 0 Å². The second kappa shape index (κ2) is 5.38. The molecule has 0 spiro atoms. The lowest BCUT2D eigenvalue weighted by Gasteiger charge is -2.35. The Balaban J connectivity index is 4.53. The lowest BCUT2D eigenvalue weighted by atomic mass is 9.99. The van der Waals surface area contributed by atoms with Crippen LogP contribution >= 0.6 is 7.92 Å². The summed E-state index contributed by atoms with van der Waals surface area (Å²) >= 11 is 0. The summed E-state index contributed by atoms with van der Waals surface area (Å²) in [7, 11) is 0.175. The van der Waals surface area contributed by atoms with Crippen molar-refractivity contribution in [2.24, 2.45) is 16.2 Å². The van der Waals surface area contributed by atoms with E-state index in [-0.39, 0.29) is 7.92 Å². The van der Waals surface area contributed by atoms with E-state index < -0.39 is 0 Å². The van der Waals surface area contributed by atoms with Crippen LogP contribution in [0.4, 0.5) is 0 Å². The Kier molecular flexibility index (Phi) is 5.53. The van der Waals surface area contributed by atoms with Gasteiger partial charge in [-0.15, -0.1) is 7.92 Å². The zero-order valence-corrected chi connectivity index (χ0v) is 14.0. The van der Waals surface area contributed by atoms with E-state index in [1.165, 1.54) is 18.5 Å². The van der Waals surface area contributed by atoms with E-state index in [1.807, 2.05) is 0 Å². The third kappa shape index (κ3) is 10.9. The van der Waals surface area contributed by atoms with Gasteiger partial charge in [0.15, 0.2) is 0 Å².